The van der Waals surface area contributed by atoms with Gasteiger partial charge in [-0.25, -0.2) is 14.2 Å². The Morgan fingerprint density at radius 3 is 2.65 bits per heavy atom. The first-order valence-corrected chi connectivity index (χ1v) is 13.9. The highest BCUT2D eigenvalue weighted by Crippen LogP contribution is 2.38. The fourth-order valence-electron chi connectivity index (χ4n) is 4.91. The lowest BCUT2D eigenvalue weighted by Crippen LogP contribution is -2.44. The molecular weight excluding hydrogens is 415 g/mol. The molecule has 0 spiro atoms. The van der Waals surface area contributed by atoms with Gasteiger partial charge >= 0.3 is 5.97 Å². The van der Waals surface area contributed by atoms with Crippen molar-refractivity contribution in [1.82, 2.24) is 9.55 Å². The van der Waals surface area contributed by atoms with Crippen LogP contribution in [-0.4, -0.2) is 28.7 Å². The number of hydrogen-bond donors (Lipinski definition) is 1. The molecular formula is C23H23FN2O4Si. The van der Waals surface area contributed by atoms with Gasteiger partial charge in [0.15, 0.2) is 5.60 Å². The fourth-order valence-corrected chi connectivity index (χ4v) is 7.03. The number of fused-ring (bicyclic) bond motifs is 5. The van der Waals surface area contributed by atoms with Crippen LogP contribution in [0.15, 0.2) is 29.1 Å². The number of rotatable bonds is 2. The largest absolute Gasteiger partial charge is 0.458 e. The highest BCUT2D eigenvalue weighted by Gasteiger charge is 2.45. The minimum atomic E-state index is -1.91. The van der Waals surface area contributed by atoms with Gasteiger partial charge in [0.05, 0.1) is 37.1 Å². The number of aliphatic hydroxyl groups is 1. The van der Waals surface area contributed by atoms with E-state index in [0.717, 1.165) is 16.1 Å². The molecule has 0 fully saturated rings. The minimum Gasteiger partial charge on any atom is -0.458 e. The van der Waals surface area contributed by atoms with Crippen LogP contribution < -0.4 is 10.7 Å². The number of ether oxygens (including phenoxy) is 1. The third-order valence-electron chi connectivity index (χ3n) is 6.40. The molecule has 4 heterocycles. The minimum absolute atomic E-state index is 0.0884. The SMILES string of the molecule is CCC1(O)C(=O)OCc2c1cc1n(c2=O)Cc2c-1nc1cc(F)ccc1c2[Si](C)(C)C. The maximum absolute atomic E-state index is 14.0. The van der Waals surface area contributed by atoms with Gasteiger partial charge in [0.1, 0.15) is 12.4 Å². The van der Waals surface area contributed by atoms with Gasteiger partial charge < -0.3 is 14.4 Å². The summed E-state index contributed by atoms with van der Waals surface area (Å²) in [6, 6.07) is 6.32. The lowest BCUT2D eigenvalue weighted by atomic mass is 9.86. The topological polar surface area (TPSA) is 81.4 Å². The maximum atomic E-state index is 14.0. The average molecular weight is 439 g/mol. The Hall–Kier alpha value is -2.84. The molecule has 6 nitrogen and oxygen atoms in total. The summed E-state index contributed by atoms with van der Waals surface area (Å²) >= 11 is 0. The van der Waals surface area contributed by atoms with Gasteiger partial charge in [-0.3, -0.25) is 4.79 Å². The molecule has 1 aromatic carbocycles. The molecule has 0 aliphatic carbocycles. The summed E-state index contributed by atoms with van der Waals surface area (Å²) in [4.78, 5) is 30.4. The zero-order valence-electron chi connectivity index (χ0n) is 17.9. The third-order valence-corrected chi connectivity index (χ3v) is 8.47. The van der Waals surface area contributed by atoms with Gasteiger partial charge in [0, 0.05) is 11.6 Å². The van der Waals surface area contributed by atoms with Crippen molar-refractivity contribution in [3.05, 3.63) is 57.1 Å². The predicted molar refractivity (Wildman–Crippen MR) is 117 cm³/mol. The zero-order chi connectivity index (χ0) is 22.3. The first kappa shape index (κ1) is 20.1. The van der Waals surface area contributed by atoms with Gasteiger partial charge in [-0.1, -0.05) is 32.6 Å². The molecule has 3 aromatic rings. The van der Waals surface area contributed by atoms with Gasteiger partial charge in [-0.2, -0.15) is 0 Å². The smallest absolute Gasteiger partial charge is 0.343 e. The van der Waals surface area contributed by atoms with E-state index < -0.39 is 19.6 Å². The van der Waals surface area contributed by atoms with Crippen molar-refractivity contribution in [2.75, 3.05) is 0 Å². The van der Waals surface area contributed by atoms with E-state index in [9.17, 15) is 19.1 Å². The molecule has 0 saturated carbocycles. The summed E-state index contributed by atoms with van der Waals surface area (Å²) in [6.07, 6.45) is 0.0884. The molecule has 1 atom stereocenters. The highest BCUT2D eigenvalue weighted by molar-refractivity contribution is 6.90. The summed E-state index contributed by atoms with van der Waals surface area (Å²) in [7, 11) is -1.91. The number of esters is 1. The number of carbonyl (C=O) groups is 1. The van der Waals surface area contributed by atoms with Crippen LogP contribution in [0.2, 0.25) is 19.6 Å². The predicted octanol–water partition coefficient (Wildman–Crippen LogP) is 2.76. The second kappa shape index (κ2) is 6.33. The first-order chi connectivity index (χ1) is 14.6. The number of nitrogens with zero attached hydrogens (tertiary/aromatic N) is 2. The number of carbonyl (C=O) groups excluding carboxylic acids is 1. The Kier molecular flexibility index (Phi) is 4.10. The second-order valence-electron chi connectivity index (χ2n) is 9.33. The highest BCUT2D eigenvalue weighted by atomic mass is 28.3. The molecule has 0 saturated heterocycles. The molecule has 1 unspecified atom stereocenters. The van der Waals surface area contributed by atoms with Gasteiger partial charge in [-0.15, -0.1) is 0 Å². The molecule has 2 aliphatic heterocycles. The molecule has 1 N–H and O–H groups in total. The zero-order valence-corrected chi connectivity index (χ0v) is 18.9. The molecule has 0 bridgehead atoms. The monoisotopic (exact) mass is 438 g/mol. The number of benzene rings is 1. The van der Waals surface area contributed by atoms with Crippen LogP contribution in [0.4, 0.5) is 4.39 Å². The number of halogens is 1. The summed E-state index contributed by atoms with van der Waals surface area (Å²) in [5.74, 6) is -1.12. The van der Waals surface area contributed by atoms with Crippen molar-refractivity contribution >= 4 is 30.1 Å². The molecule has 2 aliphatic rings. The molecule has 2 aromatic heterocycles. The van der Waals surface area contributed by atoms with Gasteiger partial charge in [0.2, 0.25) is 0 Å². The summed E-state index contributed by atoms with van der Waals surface area (Å²) in [6.45, 7) is 8.51. The van der Waals surface area contributed by atoms with E-state index in [0.29, 0.717) is 29.0 Å². The first-order valence-electron chi connectivity index (χ1n) is 10.4. The van der Waals surface area contributed by atoms with E-state index in [-0.39, 0.29) is 30.0 Å². The van der Waals surface area contributed by atoms with Crippen LogP contribution in [-0.2, 0) is 28.3 Å². The lowest BCUT2D eigenvalue weighted by Gasteiger charge is -2.31. The van der Waals surface area contributed by atoms with E-state index in [1.165, 1.54) is 12.1 Å². The van der Waals surface area contributed by atoms with Gasteiger partial charge in [0.25, 0.3) is 5.56 Å². The summed E-state index contributed by atoms with van der Waals surface area (Å²) in [5, 5.41) is 13.1. The number of pyridine rings is 2. The normalized spacial score (nSPS) is 19.7. The van der Waals surface area contributed by atoms with Crippen LogP contribution in [0.1, 0.15) is 30.0 Å². The molecule has 0 radical (unpaired) electrons. The Bertz CT molecular complexity index is 1360. The van der Waals surface area contributed by atoms with Crippen molar-refractivity contribution in [3.8, 4) is 11.4 Å². The molecule has 160 valence electrons. The second-order valence-corrected chi connectivity index (χ2v) is 14.3. The lowest BCUT2D eigenvalue weighted by molar-refractivity contribution is -0.172. The number of cyclic esters (lactones) is 1. The van der Waals surface area contributed by atoms with Crippen LogP contribution >= 0.6 is 0 Å². The van der Waals surface area contributed by atoms with E-state index in [1.807, 2.05) is 0 Å². The average Bonchev–Trinajstić information content (AvgIpc) is 3.06. The van der Waals surface area contributed by atoms with Crippen molar-refractivity contribution in [2.24, 2.45) is 0 Å². The quantitative estimate of drug-likeness (QED) is 0.385. The molecule has 0 amide bonds. The Labute approximate surface area is 179 Å². The maximum Gasteiger partial charge on any atom is 0.343 e. The summed E-state index contributed by atoms with van der Waals surface area (Å²) < 4.78 is 20.8. The van der Waals surface area contributed by atoms with E-state index in [4.69, 9.17) is 9.72 Å². The molecule has 8 heteroatoms. The van der Waals surface area contributed by atoms with Gasteiger partial charge in [-0.05, 0) is 34.7 Å². The Morgan fingerprint density at radius 1 is 1.23 bits per heavy atom. The van der Waals surface area contributed by atoms with Crippen molar-refractivity contribution in [2.45, 2.75) is 51.7 Å². The van der Waals surface area contributed by atoms with Crippen LogP contribution in [0.25, 0.3) is 22.3 Å². The molecule has 5 rings (SSSR count). The molecule has 31 heavy (non-hydrogen) atoms. The Morgan fingerprint density at radius 2 is 1.97 bits per heavy atom. The van der Waals surface area contributed by atoms with Crippen LogP contribution in [0.5, 0.6) is 0 Å². The summed E-state index contributed by atoms with van der Waals surface area (Å²) in [5.41, 5.74) is 1.09. The van der Waals surface area contributed by atoms with Crippen LogP contribution in [0.3, 0.4) is 0 Å². The van der Waals surface area contributed by atoms with Crippen molar-refractivity contribution in [1.29, 1.82) is 0 Å². The van der Waals surface area contributed by atoms with Crippen LogP contribution in [0, 0.1) is 5.82 Å². The standard InChI is InChI=1S/C23H23FN2O4Si/c1-5-23(29)16-9-18-19-14(10-26(18)21(27)15(16)11-30-22(23)28)20(31(2,3)4)13-7-6-12(24)8-17(13)25-19/h6-9,29H,5,10-11H2,1-4H3. The van der Waals surface area contributed by atoms with E-state index >= 15 is 0 Å². The van der Waals surface area contributed by atoms with E-state index in [2.05, 4.69) is 19.6 Å². The Balaban J connectivity index is 1.88. The van der Waals surface area contributed by atoms with Crippen molar-refractivity contribution < 1.29 is 19.0 Å². The number of hydrogen-bond acceptors (Lipinski definition) is 5. The number of aromatic nitrogens is 2. The van der Waals surface area contributed by atoms with E-state index in [1.54, 1.807) is 23.6 Å². The van der Waals surface area contributed by atoms with Crippen molar-refractivity contribution in [3.63, 3.8) is 0 Å². The fraction of sp³-hybridized carbons (Fsp3) is 0.348. The third kappa shape index (κ3) is 2.67.